The lowest BCUT2D eigenvalue weighted by atomic mass is 10.1. The molecule has 0 saturated carbocycles. The van der Waals surface area contributed by atoms with Crippen molar-refractivity contribution in [1.82, 2.24) is 5.32 Å². The summed E-state index contributed by atoms with van der Waals surface area (Å²) in [5.74, 6) is -1.47. The first kappa shape index (κ1) is 15.4. The third kappa shape index (κ3) is 4.53. The van der Waals surface area contributed by atoms with Crippen molar-refractivity contribution in [2.45, 2.75) is 26.0 Å². The van der Waals surface area contributed by atoms with Gasteiger partial charge in [0.1, 0.15) is 11.9 Å². The van der Waals surface area contributed by atoms with Crippen molar-refractivity contribution < 1.29 is 13.5 Å². The van der Waals surface area contributed by atoms with Crippen LogP contribution in [0.2, 0.25) is 0 Å². The van der Waals surface area contributed by atoms with Gasteiger partial charge in [-0.1, -0.05) is 44.2 Å². The summed E-state index contributed by atoms with van der Waals surface area (Å²) in [5.41, 5.74) is 0.982. The number of hydrogen-bond acceptors (Lipinski definition) is 2. The molecule has 0 aromatic heterocycles. The van der Waals surface area contributed by atoms with Crippen molar-refractivity contribution in [1.29, 1.82) is 0 Å². The molecule has 4 heteroatoms. The highest BCUT2D eigenvalue weighted by atomic mass is 19.2. The SMILES string of the molecule is CC(C)NCC(Oc1ccc(F)c(F)c1)c1ccccc1. The van der Waals surface area contributed by atoms with Crippen molar-refractivity contribution in [3.8, 4) is 5.75 Å². The summed E-state index contributed by atoms with van der Waals surface area (Å²) in [6.07, 6.45) is -0.265. The van der Waals surface area contributed by atoms with Crippen LogP contribution in [-0.4, -0.2) is 12.6 Å². The van der Waals surface area contributed by atoms with Gasteiger partial charge in [0.25, 0.3) is 0 Å². The summed E-state index contributed by atoms with van der Waals surface area (Å²) in [5, 5.41) is 3.30. The zero-order valence-corrected chi connectivity index (χ0v) is 12.1. The van der Waals surface area contributed by atoms with Crippen LogP contribution in [0.1, 0.15) is 25.5 Å². The van der Waals surface area contributed by atoms with E-state index in [0.29, 0.717) is 18.3 Å². The Kier molecular flexibility index (Phi) is 5.28. The maximum absolute atomic E-state index is 13.3. The Morgan fingerprint density at radius 1 is 1.00 bits per heavy atom. The second kappa shape index (κ2) is 7.18. The summed E-state index contributed by atoms with van der Waals surface area (Å²) in [6.45, 7) is 4.67. The molecule has 1 N–H and O–H groups in total. The summed E-state index contributed by atoms with van der Waals surface area (Å²) in [7, 11) is 0. The second-order valence-electron chi connectivity index (χ2n) is 5.16. The minimum Gasteiger partial charge on any atom is -0.484 e. The van der Waals surface area contributed by atoms with Crippen LogP contribution in [0.5, 0.6) is 5.75 Å². The summed E-state index contributed by atoms with van der Waals surface area (Å²) in [6, 6.07) is 13.6. The normalized spacial score (nSPS) is 12.4. The van der Waals surface area contributed by atoms with E-state index in [4.69, 9.17) is 4.74 Å². The van der Waals surface area contributed by atoms with E-state index in [1.165, 1.54) is 6.07 Å². The molecule has 1 atom stereocenters. The highest BCUT2D eigenvalue weighted by molar-refractivity contribution is 5.26. The predicted molar refractivity (Wildman–Crippen MR) is 79.3 cm³/mol. The Morgan fingerprint density at radius 3 is 2.33 bits per heavy atom. The monoisotopic (exact) mass is 291 g/mol. The fraction of sp³-hybridized carbons (Fsp3) is 0.294. The Labute approximate surface area is 123 Å². The van der Waals surface area contributed by atoms with Crippen molar-refractivity contribution in [2.75, 3.05) is 6.54 Å². The maximum Gasteiger partial charge on any atom is 0.162 e. The van der Waals surface area contributed by atoms with Crippen LogP contribution >= 0.6 is 0 Å². The van der Waals surface area contributed by atoms with E-state index < -0.39 is 11.6 Å². The van der Waals surface area contributed by atoms with E-state index in [1.807, 2.05) is 44.2 Å². The van der Waals surface area contributed by atoms with Gasteiger partial charge in [-0.3, -0.25) is 0 Å². The average Bonchev–Trinajstić information content (AvgIpc) is 2.48. The van der Waals surface area contributed by atoms with E-state index in [1.54, 1.807) is 0 Å². The molecular weight excluding hydrogens is 272 g/mol. The molecule has 0 aliphatic heterocycles. The van der Waals surface area contributed by atoms with Gasteiger partial charge < -0.3 is 10.1 Å². The minimum atomic E-state index is -0.906. The van der Waals surface area contributed by atoms with Gasteiger partial charge in [-0.05, 0) is 17.7 Å². The zero-order chi connectivity index (χ0) is 15.2. The first-order chi connectivity index (χ1) is 10.1. The third-order valence-corrected chi connectivity index (χ3v) is 3.05. The fourth-order valence-corrected chi connectivity index (χ4v) is 1.95. The molecule has 2 aromatic rings. The zero-order valence-electron chi connectivity index (χ0n) is 12.1. The van der Waals surface area contributed by atoms with Crippen LogP contribution in [0.3, 0.4) is 0 Å². The largest absolute Gasteiger partial charge is 0.484 e. The molecule has 2 nitrogen and oxygen atoms in total. The number of halogens is 2. The lowest BCUT2D eigenvalue weighted by molar-refractivity contribution is 0.197. The van der Waals surface area contributed by atoms with Gasteiger partial charge in [-0.2, -0.15) is 0 Å². The van der Waals surface area contributed by atoms with Gasteiger partial charge in [-0.25, -0.2) is 8.78 Å². The highest BCUT2D eigenvalue weighted by Crippen LogP contribution is 2.23. The molecule has 21 heavy (non-hydrogen) atoms. The Hall–Kier alpha value is -1.94. The molecule has 0 aliphatic rings. The molecule has 0 amide bonds. The first-order valence-corrected chi connectivity index (χ1v) is 6.96. The van der Waals surface area contributed by atoms with E-state index in [-0.39, 0.29) is 6.10 Å². The predicted octanol–water partition coefficient (Wildman–Crippen LogP) is 4.08. The molecule has 0 fully saturated rings. The minimum absolute atomic E-state index is 0.265. The Balaban J connectivity index is 2.17. The Morgan fingerprint density at radius 2 is 1.71 bits per heavy atom. The molecule has 0 aliphatic carbocycles. The number of rotatable bonds is 6. The summed E-state index contributed by atoms with van der Waals surface area (Å²) in [4.78, 5) is 0. The molecule has 2 aromatic carbocycles. The van der Waals surface area contributed by atoms with Crippen molar-refractivity contribution in [2.24, 2.45) is 0 Å². The summed E-state index contributed by atoms with van der Waals surface area (Å²) >= 11 is 0. The molecule has 0 radical (unpaired) electrons. The number of benzene rings is 2. The van der Waals surface area contributed by atoms with Gasteiger partial charge in [-0.15, -0.1) is 0 Å². The van der Waals surface area contributed by atoms with Crippen molar-refractivity contribution in [3.63, 3.8) is 0 Å². The first-order valence-electron chi connectivity index (χ1n) is 6.96. The lowest BCUT2D eigenvalue weighted by Gasteiger charge is -2.21. The van der Waals surface area contributed by atoms with Gasteiger partial charge in [0.2, 0.25) is 0 Å². The molecule has 2 rings (SSSR count). The van der Waals surface area contributed by atoms with Crippen LogP contribution in [0.4, 0.5) is 8.78 Å². The standard InChI is InChI=1S/C17H19F2NO/c1-12(2)20-11-17(13-6-4-3-5-7-13)21-14-8-9-15(18)16(19)10-14/h3-10,12,17,20H,11H2,1-2H3. The molecule has 112 valence electrons. The van der Waals surface area contributed by atoms with Gasteiger partial charge in [0.15, 0.2) is 11.6 Å². The van der Waals surface area contributed by atoms with Gasteiger partial charge >= 0.3 is 0 Å². The van der Waals surface area contributed by atoms with E-state index in [2.05, 4.69) is 5.32 Å². The average molecular weight is 291 g/mol. The van der Waals surface area contributed by atoms with Gasteiger partial charge in [0, 0.05) is 18.7 Å². The molecule has 1 unspecified atom stereocenters. The molecule has 0 bridgehead atoms. The smallest absolute Gasteiger partial charge is 0.162 e. The van der Waals surface area contributed by atoms with Crippen LogP contribution in [0, 0.1) is 11.6 Å². The maximum atomic E-state index is 13.3. The molecule has 0 spiro atoms. The lowest BCUT2D eigenvalue weighted by Crippen LogP contribution is -2.30. The summed E-state index contributed by atoms with van der Waals surface area (Å²) < 4.78 is 32.1. The van der Waals surface area contributed by atoms with E-state index in [0.717, 1.165) is 17.7 Å². The topological polar surface area (TPSA) is 21.3 Å². The van der Waals surface area contributed by atoms with E-state index in [9.17, 15) is 8.78 Å². The number of nitrogens with one attached hydrogen (secondary N) is 1. The number of hydrogen-bond donors (Lipinski definition) is 1. The van der Waals surface area contributed by atoms with Crippen LogP contribution in [0.15, 0.2) is 48.5 Å². The van der Waals surface area contributed by atoms with Crippen LogP contribution < -0.4 is 10.1 Å². The van der Waals surface area contributed by atoms with E-state index >= 15 is 0 Å². The van der Waals surface area contributed by atoms with Crippen molar-refractivity contribution in [3.05, 3.63) is 65.7 Å². The van der Waals surface area contributed by atoms with Gasteiger partial charge in [0.05, 0.1) is 0 Å². The highest BCUT2D eigenvalue weighted by Gasteiger charge is 2.14. The molecule has 0 saturated heterocycles. The van der Waals surface area contributed by atoms with Crippen molar-refractivity contribution >= 4 is 0 Å². The van der Waals surface area contributed by atoms with Crippen LogP contribution in [-0.2, 0) is 0 Å². The molecule has 0 heterocycles. The second-order valence-corrected chi connectivity index (χ2v) is 5.16. The molecular formula is C17H19F2NO. The number of ether oxygens (including phenoxy) is 1. The fourth-order valence-electron chi connectivity index (χ4n) is 1.95. The third-order valence-electron chi connectivity index (χ3n) is 3.05. The quantitative estimate of drug-likeness (QED) is 0.865. The Bertz CT molecular complexity index is 572. The van der Waals surface area contributed by atoms with Crippen LogP contribution in [0.25, 0.3) is 0 Å².